The molecule has 1 amide bonds. The second-order valence-electron chi connectivity index (χ2n) is 5.81. The Kier molecular flexibility index (Phi) is 7.75. The van der Waals surface area contributed by atoms with Gasteiger partial charge in [0.25, 0.3) is 0 Å². The van der Waals surface area contributed by atoms with Crippen molar-refractivity contribution in [1.82, 2.24) is 10.6 Å². The lowest BCUT2D eigenvalue weighted by Crippen LogP contribution is -2.34. The maximum Gasteiger partial charge on any atom is 0.222 e. The van der Waals surface area contributed by atoms with Gasteiger partial charge in [-0.1, -0.05) is 59.6 Å². The third-order valence-electron chi connectivity index (χ3n) is 3.75. The summed E-state index contributed by atoms with van der Waals surface area (Å²) in [5.74, 6) is 0.193. The predicted molar refractivity (Wildman–Crippen MR) is 107 cm³/mol. The van der Waals surface area contributed by atoms with Crippen molar-refractivity contribution in [3.05, 3.63) is 69.7 Å². The minimum Gasteiger partial charge on any atom is -0.370 e. The lowest BCUT2D eigenvalue weighted by Gasteiger charge is -2.16. The van der Waals surface area contributed by atoms with E-state index in [1.807, 2.05) is 43.3 Å². The zero-order chi connectivity index (χ0) is 18.9. The van der Waals surface area contributed by atoms with E-state index in [1.54, 1.807) is 12.1 Å². The van der Waals surface area contributed by atoms with Crippen molar-refractivity contribution < 1.29 is 4.79 Å². The molecule has 0 fully saturated rings. The second-order valence-corrected chi connectivity index (χ2v) is 6.65. The number of rotatable bonds is 7. The largest absolute Gasteiger partial charge is 0.370 e. The molecule has 0 saturated heterocycles. The van der Waals surface area contributed by atoms with Crippen LogP contribution in [0.3, 0.4) is 0 Å². The van der Waals surface area contributed by atoms with E-state index in [0.29, 0.717) is 23.1 Å². The number of carbonyl (C=O) groups excluding carboxylic acids is 1. The number of guanidine groups is 1. The van der Waals surface area contributed by atoms with Crippen LogP contribution >= 0.6 is 23.2 Å². The zero-order valence-electron chi connectivity index (χ0n) is 14.5. The van der Waals surface area contributed by atoms with Crippen LogP contribution in [0.5, 0.6) is 0 Å². The smallest absolute Gasteiger partial charge is 0.222 e. The van der Waals surface area contributed by atoms with Gasteiger partial charge in [-0.05, 0) is 30.2 Å². The van der Waals surface area contributed by atoms with E-state index in [0.717, 1.165) is 11.1 Å². The average molecular weight is 393 g/mol. The summed E-state index contributed by atoms with van der Waals surface area (Å²) < 4.78 is 0. The van der Waals surface area contributed by atoms with Gasteiger partial charge in [-0.2, -0.15) is 0 Å². The first-order valence-electron chi connectivity index (χ1n) is 8.27. The fourth-order valence-corrected chi connectivity index (χ4v) is 2.93. The number of amides is 1. The molecule has 0 bridgehead atoms. The standard InChI is InChI=1S/C19H22Cl2N4O/c1-13(16-8-7-15(20)11-17(16)21)25-19(22)23-10-9-18(26)24-12-14-5-3-2-4-6-14/h2-8,11,13H,9-10,12H2,1H3,(H,24,26)(H3,22,23,25). The summed E-state index contributed by atoms with van der Waals surface area (Å²) in [7, 11) is 0. The van der Waals surface area contributed by atoms with E-state index < -0.39 is 0 Å². The normalized spacial score (nSPS) is 12.5. The highest BCUT2D eigenvalue weighted by Gasteiger charge is 2.10. The molecule has 1 unspecified atom stereocenters. The van der Waals surface area contributed by atoms with E-state index in [4.69, 9.17) is 28.9 Å². The molecule has 5 nitrogen and oxygen atoms in total. The van der Waals surface area contributed by atoms with Gasteiger partial charge in [0, 0.05) is 23.0 Å². The van der Waals surface area contributed by atoms with Crippen molar-refractivity contribution in [1.29, 1.82) is 0 Å². The van der Waals surface area contributed by atoms with Gasteiger partial charge in [0.05, 0.1) is 12.6 Å². The first-order chi connectivity index (χ1) is 12.5. The van der Waals surface area contributed by atoms with Crippen molar-refractivity contribution >= 4 is 35.1 Å². The lowest BCUT2D eigenvalue weighted by molar-refractivity contribution is -0.121. The molecule has 0 heterocycles. The molecule has 2 rings (SSSR count). The van der Waals surface area contributed by atoms with Gasteiger partial charge in [-0.15, -0.1) is 0 Å². The van der Waals surface area contributed by atoms with Crippen molar-refractivity contribution in [2.24, 2.45) is 10.7 Å². The molecule has 2 aromatic rings. The lowest BCUT2D eigenvalue weighted by atomic mass is 10.1. The highest BCUT2D eigenvalue weighted by Crippen LogP contribution is 2.25. The number of aliphatic imine (C=N–C) groups is 1. The molecule has 1 atom stereocenters. The molecule has 0 aliphatic carbocycles. The Labute approximate surface area is 163 Å². The highest BCUT2D eigenvalue weighted by atomic mass is 35.5. The van der Waals surface area contributed by atoms with E-state index in [1.165, 1.54) is 0 Å². The van der Waals surface area contributed by atoms with Crippen LogP contribution in [-0.4, -0.2) is 18.4 Å². The number of carbonyl (C=O) groups is 1. The van der Waals surface area contributed by atoms with Crippen LogP contribution in [-0.2, 0) is 11.3 Å². The zero-order valence-corrected chi connectivity index (χ0v) is 16.0. The first-order valence-corrected chi connectivity index (χ1v) is 9.03. The maximum absolute atomic E-state index is 11.8. The second kappa shape index (κ2) is 10.0. The van der Waals surface area contributed by atoms with Gasteiger partial charge in [0.15, 0.2) is 5.96 Å². The van der Waals surface area contributed by atoms with Gasteiger partial charge < -0.3 is 16.4 Å². The molecule has 7 heteroatoms. The average Bonchev–Trinajstić information content (AvgIpc) is 2.60. The van der Waals surface area contributed by atoms with Crippen LogP contribution in [0.2, 0.25) is 10.0 Å². The summed E-state index contributed by atoms with van der Waals surface area (Å²) in [6.45, 7) is 2.73. The monoisotopic (exact) mass is 392 g/mol. The van der Waals surface area contributed by atoms with Crippen molar-refractivity contribution in [2.75, 3.05) is 6.54 Å². The van der Waals surface area contributed by atoms with Gasteiger partial charge in [0.1, 0.15) is 0 Å². The van der Waals surface area contributed by atoms with Crippen molar-refractivity contribution in [3.63, 3.8) is 0 Å². The Morgan fingerprint density at radius 2 is 1.92 bits per heavy atom. The van der Waals surface area contributed by atoms with Crippen LogP contribution in [0.15, 0.2) is 53.5 Å². The molecule has 0 aliphatic heterocycles. The first kappa shape index (κ1) is 20.1. The van der Waals surface area contributed by atoms with Crippen LogP contribution in [0.1, 0.15) is 30.5 Å². The number of nitrogens with zero attached hydrogens (tertiary/aromatic N) is 1. The fourth-order valence-electron chi connectivity index (χ4n) is 2.36. The van der Waals surface area contributed by atoms with E-state index in [2.05, 4.69) is 15.6 Å². The number of benzene rings is 2. The quantitative estimate of drug-likeness (QED) is 0.496. The van der Waals surface area contributed by atoms with Crippen LogP contribution in [0, 0.1) is 0 Å². The van der Waals surface area contributed by atoms with Gasteiger partial charge in [-0.25, -0.2) is 0 Å². The summed E-state index contributed by atoms with van der Waals surface area (Å²) >= 11 is 12.1. The van der Waals surface area contributed by atoms with E-state index in [-0.39, 0.29) is 24.3 Å². The Balaban J connectivity index is 1.76. The maximum atomic E-state index is 11.8. The topological polar surface area (TPSA) is 79.5 Å². The fraction of sp³-hybridized carbons (Fsp3) is 0.263. The molecule has 0 aromatic heterocycles. The molecule has 0 saturated carbocycles. The summed E-state index contributed by atoms with van der Waals surface area (Å²) in [6, 6.07) is 14.9. The highest BCUT2D eigenvalue weighted by molar-refractivity contribution is 6.35. The molecule has 26 heavy (non-hydrogen) atoms. The molecule has 4 N–H and O–H groups in total. The number of nitrogens with two attached hydrogens (primary N) is 1. The molecule has 2 aromatic carbocycles. The number of hydrogen-bond donors (Lipinski definition) is 3. The minimum atomic E-state index is -0.129. The van der Waals surface area contributed by atoms with Crippen LogP contribution < -0.4 is 16.4 Å². The van der Waals surface area contributed by atoms with E-state index in [9.17, 15) is 4.79 Å². The van der Waals surface area contributed by atoms with Gasteiger partial charge in [-0.3, -0.25) is 9.79 Å². The third-order valence-corrected chi connectivity index (χ3v) is 4.31. The summed E-state index contributed by atoms with van der Waals surface area (Å²) in [5, 5.41) is 7.05. The van der Waals surface area contributed by atoms with Crippen molar-refractivity contribution in [2.45, 2.75) is 25.9 Å². The van der Waals surface area contributed by atoms with Crippen molar-refractivity contribution in [3.8, 4) is 0 Å². The SMILES string of the molecule is CC(NC(N)=NCCC(=O)NCc1ccccc1)c1ccc(Cl)cc1Cl. The molecular formula is C19H22Cl2N4O. The number of halogens is 2. The summed E-state index contributed by atoms with van der Waals surface area (Å²) in [5.41, 5.74) is 7.81. The van der Waals surface area contributed by atoms with Crippen LogP contribution in [0.25, 0.3) is 0 Å². The third kappa shape index (κ3) is 6.58. The molecule has 0 spiro atoms. The Morgan fingerprint density at radius 3 is 2.62 bits per heavy atom. The van der Waals surface area contributed by atoms with Gasteiger partial charge >= 0.3 is 0 Å². The molecule has 138 valence electrons. The Bertz CT molecular complexity index is 765. The minimum absolute atomic E-state index is 0.0702. The summed E-state index contributed by atoms with van der Waals surface area (Å²) in [4.78, 5) is 16.0. The number of hydrogen-bond acceptors (Lipinski definition) is 2. The van der Waals surface area contributed by atoms with Crippen LogP contribution in [0.4, 0.5) is 0 Å². The molecule has 0 aliphatic rings. The molecule has 0 radical (unpaired) electrons. The number of nitrogens with one attached hydrogen (secondary N) is 2. The Morgan fingerprint density at radius 1 is 1.19 bits per heavy atom. The predicted octanol–water partition coefficient (Wildman–Crippen LogP) is 3.67. The Hall–Kier alpha value is -2.24. The summed E-state index contributed by atoms with van der Waals surface area (Å²) in [6.07, 6.45) is 0.269. The van der Waals surface area contributed by atoms with Gasteiger partial charge in [0.2, 0.25) is 5.91 Å². The molecular weight excluding hydrogens is 371 g/mol. The van der Waals surface area contributed by atoms with E-state index >= 15 is 0 Å².